The minimum Gasteiger partial charge on any atom is -0.480 e. The van der Waals surface area contributed by atoms with Gasteiger partial charge in [-0.1, -0.05) is 42.6 Å². The van der Waals surface area contributed by atoms with E-state index in [0.717, 1.165) is 0 Å². The van der Waals surface area contributed by atoms with Gasteiger partial charge in [-0.2, -0.15) is 0 Å². The Balaban J connectivity index is 2.63. The van der Waals surface area contributed by atoms with Gasteiger partial charge in [0, 0.05) is 13.0 Å². The van der Waals surface area contributed by atoms with Crippen molar-refractivity contribution in [3.63, 3.8) is 0 Å². The number of sulfonamides is 1. The number of carboxylic acids is 1. The van der Waals surface area contributed by atoms with Gasteiger partial charge in [-0.05, 0) is 18.6 Å². The number of aliphatic carboxylic acids is 1. The zero-order valence-corrected chi connectivity index (χ0v) is 15.2. The first-order valence-electron chi connectivity index (χ1n) is 7.15. The molecule has 3 N–H and O–H groups in total. The third-order valence-corrected chi connectivity index (χ3v) is 5.46. The average molecular weight is 397 g/mol. The highest BCUT2D eigenvalue weighted by atomic mass is 35.5. The van der Waals surface area contributed by atoms with Gasteiger partial charge in [0.25, 0.3) is 0 Å². The molecule has 1 rings (SSSR count). The van der Waals surface area contributed by atoms with Crippen LogP contribution in [-0.4, -0.2) is 38.0 Å². The molecule has 1 aromatic rings. The van der Waals surface area contributed by atoms with E-state index in [2.05, 4.69) is 10.0 Å². The van der Waals surface area contributed by atoms with Gasteiger partial charge in [0.05, 0.1) is 10.0 Å². The Morgan fingerprint density at radius 1 is 1.25 bits per heavy atom. The molecule has 1 amide bonds. The molecule has 1 unspecified atom stereocenters. The van der Waals surface area contributed by atoms with E-state index in [1.165, 1.54) is 18.2 Å². The number of carbonyl (C=O) groups excluding carboxylic acids is 1. The topological polar surface area (TPSA) is 113 Å². The van der Waals surface area contributed by atoms with Crippen molar-refractivity contribution in [1.82, 2.24) is 10.0 Å². The number of carbonyl (C=O) groups is 2. The zero-order valence-electron chi connectivity index (χ0n) is 12.9. The third-order valence-electron chi connectivity index (χ3n) is 3.04. The number of benzene rings is 1. The van der Waals surface area contributed by atoms with Crippen LogP contribution in [0.25, 0.3) is 0 Å². The Bertz CT molecular complexity index is 689. The first kappa shape index (κ1) is 20.7. The van der Waals surface area contributed by atoms with Crippen molar-refractivity contribution in [3.05, 3.63) is 28.2 Å². The fourth-order valence-electron chi connectivity index (χ4n) is 1.92. The van der Waals surface area contributed by atoms with Crippen LogP contribution >= 0.6 is 23.2 Å². The highest BCUT2D eigenvalue weighted by Gasteiger charge is 2.22. The summed E-state index contributed by atoms with van der Waals surface area (Å²) in [6, 6.07) is 3.29. The number of amides is 1. The predicted molar refractivity (Wildman–Crippen MR) is 90.7 cm³/mol. The number of hydrogen-bond donors (Lipinski definition) is 3. The van der Waals surface area contributed by atoms with Crippen molar-refractivity contribution in [2.45, 2.75) is 37.1 Å². The second kappa shape index (κ2) is 9.22. The lowest BCUT2D eigenvalue weighted by Gasteiger charge is -2.14. The molecule has 7 nitrogen and oxygen atoms in total. The van der Waals surface area contributed by atoms with Crippen molar-refractivity contribution >= 4 is 45.1 Å². The fourth-order valence-corrected chi connectivity index (χ4v) is 4.09. The third kappa shape index (κ3) is 5.94. The van der Waals surface area contributed by atoms with Crippen molar-refractivity contribution in [1.29, 1.82) is 0 Å². The molecule has 0 aliphatic rings. The van der Waals surface area contributed by atoms with E-state index in [9.17, 15) is 18.0 Å². The maximum absolute atomic E-state index is 12.2. The van der Waals surface area contributed by atoms with Crippen LogP contribution in [-0.2, 0) is 19.6 Å². The molecule has 0 saturated carbocycles. The van der Waals surface area contributed by atoms with E-state index in [4.69, 9.17) is 28.3 Å². The summed E-state index contributed by atoms with van der Waals surface area (Å²) in [7, 11) is -3.98. The summed E-state index contributed by atoms with van der Waals surface area (Å²) >= 11 is 11.7. The number of hydrogen-bond acceptors (Lipinski definition) is 4. The zero-order chi connectivity index (χ0) is 18.3. The number of rotatable bonds is 9. The van der Waals surface area contributed by atoms with Gasteiger partial charge in [0.2, 0.25) is 15.9 Å². The Morgan fingerprint density at radius 3 is 2.33 bits per heavy atom. The van der Waals surface area contributed by atoms with Crippen LogP contribution in [0, 0.1) is 0 Å². The van der Waals surface area contributed by atoms with Crippen LogP contribution in [0.15, 0.2) is 23.1 Å². The summed E-state index contributed by atoms with van der Waals surface area (Å²) in [5, 5.41) is 11.2. The molecule has 0 bridgehead atoms. The predicted octanol–water partition coefficient (Wildman–Crippen LogP) is 2.03. The molecule has 1 atom stereocenters. The highest BCUT2D eigenvalue weighted by molar-refractivity contribution is 7.89. The first-order chi connectivity index (χ1) is 11.2. The Hall–Kier alpha value is -1.35. The quantitative estimate of drug-likeness (QED) is 0.590. The van der Waals surface area contributed by atoms with Crippen molar-refractivity contribution in [2.24, 2.45) is 0 Å². The molecule has 10 heteroatoms. The van der Waals surface area contributed by atoms with Crippen LogP contribution in [0.1, 0.15) is 26.2 Å². The van der Waals surface area contributed by atoms with Gasteiger partial charge in [0.1, 0.15) is 10.9 Å². The molecule has 1 aromatic carbocycles. The van der Waals surface area contributed by atoms with Crippen LogP contribution in [0.5, 0.6) is 0 Å². The smallest absolute Gasteiger partial charge is 0.326 e. The molecule has 0 aliphatic carbocycles. The van der Waals surface area contributed by atoms with Crippen LogP contribution in [0.4, 0.5) is 0 Å². The van der Waals surface area contributed by atoms with Gasteiger partial charge in [0.15, 0.2) is 0 Å². The summed E-state index contributed by atoms with van der Waals surface area (Å²) < 4.78 is 26.6. The van der Waals surface area contributed by atoms with Crippen molar-refractivity contribution < 1.29 is 23.1 Å². The van der Waals surface area contributed by atoms with E-state index in [1.54, 1.807) is 6.92 Å². The van der Waals surface area contributed by atoms with Crippen molar-refractivity contribution in [3.8, 4) is 0 Å². The monoisotopic (exact) mass is 396 g/mol. The van der Waals surface area contributed by atoms with E-state index >= 15 is 0 Å². The molecule has 24 heavy (non-hydrogen) atoms. The SMILES string of the molecule is CCCC(NC(=O)CCNS(=O)(=O)c1c(Cl)cccc1Cl)C(=O)O. The van der Waals surface area contributed by atoms with Crippen molar-refractivity contribution in [2.75, 3.05) is 6.54 Å². The van der Waals surface area contributed by atoms with Gasteiger partial charge in [-0.3, -0.25) is 4.79 Å². The van der Waals surface area contributed by atoms with Gasteiger partial charge < -0.3 is 10.4 Å². The normalized spacial score (nSPS) is 12.6. The Labute approximate surface area is 150 Å². The molecular weight excluding hydrogens is 379 g/mol. The first-order valence-corrected chi connectivity index (χ1v) is 9.38. The Morgan fingerprint density at radius 2 is 1.83 bits per heavy atom. The van der Waals surface area contributed by atoms with Crippen LogP contribution in [0.3, 0.4) is 0 Å². The lowest BCUT2D eigenvalue weighted by atomic mass is 10.1. The molecule has 0 aromatic heterocycles. The molecular formula is C14H18Cl2N2O5S. The molecule has 0 radical (unpaired) electrons. The van der Waals surface area contributed by atoms with E-state index in [-0.39, 0.29) is 27.9 Å². The fraction of sp³-hybridized carbons (Fsp3) is 0.429. The maximum atomic E-state index is 12.2. The molecule has 0 spiro atoms. The average Bonchev–Trinajstić information content (AvgIpc) is 2.45. The van der Waals surface area contributed by atoms with Gasteiger partial charge in [-0.25, -0.2) is 17.9 Å². The van der Waals surface area contributed by atoms with Gasteiger partial charge >= 0.3 is 5.97 Å². The molecule has 134 valence electrons. The molecule has 0 aliphatic heterocycles. The lowest BCUT2D eigenvalue weighted by Crippen LogP contribution is -2.41. The molecule has 0 fully saturated rings. The van der Waals surface area contributed by atoms with E-state index in [1.807, 2.05) is 0 Å². The van der Waals surface area contributed by atoms with E-state index in [0.29, 0.717) is 12.8 Å². The maximum Gasteiger partial charge on any atom is 0.326 e. The standard InChI is InChI=1S/C14H18Cl2N2O5S/c1-2-4-11(14(20)21)18-12(19)7-8-17-24(22,23)13-9(15)5-3-6-10(13)16/h3,5-6,11,17H,2,4,7-8H2,1H3,(H,18,19)(H,20,21). The minimum atomic E-state index is -3.98. The largest absolute Gasteiger partial charge is 0.480 e. The highest BCUT2D eigenvalue weighted by Crippen LogP contribution is 2.28. The van der Waals surface area contributed by atoms with Crippen LogP contribution < -0.4 is 10.0 Å². The van der Waals surface area contributed by atoms with Crippen LogP contribution in [0.2, 0.25) is 10.0 Å². The lowest BCUT2D eigenvalue weighted by molar-refractivity contribution is -0.142. The minimum absolute atomic E-state index is 0.0339. The summed E-state index contributed by atoms with van der Waals surface area (Å²) in [5.41, 5.74) is 0. The second-order valence-corrected chi connectivity index (χ2v) is 7.46. The molecule has 0 heterocycles. The number of halogens is 2. The summed E-state index contributed by atoms with van der Waals surface area (Å²) in [6.07, 6.45) is 0.672. The number of nitrogens with one attached hydrogen (secondary N) is 2. The second-order valence-electron chi connectivity index (χ2n) is 4.95. The molecule has 0 saturated heterocycles. The summed E-state index contributed by atoms with van der Waals surface area (Å²) in [5.74, 6) is -1.70. The summed E-state index contributed by atoms with van der Waals surface area (Å²) in [4.78, 5) is 22.4. The van der Waals surface area contributed by atoms with E-state index < -0.39 is 27.9 Å². The summed E-state index contributed by atoms with van der Waals surface area (Å²) in [6.45, 7) is 1.58. The Kier molecular flexibility index (Phi) is 7.95. The number of carboxylic acid groups (broad SMARTS) is 1. The van der Waals surface area contributed by atoms with Gasteiger partial charge in [-0.15, -0.1) is 0 Å².